The SMILES string of the molecule is CCCCCCCCOc1ccc(C2CCC(/C=C/c3ccc(C)c(F)c3F)CC2)c(F)c1F. The molecule has 0 atom stereocenters. The molecule has 1 fully saturated rings. The van der Waals surface area contributed by atoms with Crippen molar-refractivity contribution in [1.29, 1.82) is 0 Å². The van der Waals surface area contributed by atoms with Crippen LogP contribution in [-0.4, -0.2) is 6.61 Å². The van der Waals surface area contributed by atoms with E-state index in [0.717, 1.165) is 32.1 Å². The fourth-order valence-electron chi connectivity index (χ4n) is 4.69. The number of aryl methyl sites for hydroxylation is 1. The molecule has 0 spiro atoms. The predicted molar refractivity (Wildman–Crippen MR) is 130 cm³/mol. The minimum Gasteiger partial charge on any atom is -0.490 e. The third-order valence-electron chi connectivity index (χ3n) is 6.90. The van der Waals surface area contributed by atoms with Gasteiger partial charge in [-0.05, 0) is 68.1 Å². The maximum Gasteiger partial charge on any atom is 0.200 e. The van der Waals surface area contributed by atoms with E-state index < -0.39 is 23.3 Å². The second-order valence-corrected chi connectivity index (χ2v) is 9.47. The van der Waals surface area contributed by atoms with E-state index in [4.69, 9.17) is 4.74 Å². The Balaban J connectivity index is 1.51. The van der Waals surface area contributed by atoms with Crippen molar-refractivity contribution in [2.45, 2.75) is 84.0 Å². The van der Waals surface area contributed by atoms with Gasteiger partial charge in [-0.15, -0.1) is 0 Å². The van der Waals surface area contributed by atoms with Crippen molar-refractivity contribution in [3.05, 3.63) is 70.3 Å². The normalized spacial score (nSPS) is 18.5. The largest absolute Gasteiger partial charge is 0.490 e. The number of hydrogen-bond donors (Lipinski definition) is 0. The van der Waals surface area contributed by atoms with Crippen molar-refractivity contribution < 1.29 is 22.3 Å². The zero-order valence-corrected chi connectivity index (χ0v) is 20.3. The second-order valence-electron chi connectivity index (χ2n) is 9.47. The Labute approximate surface area is 201 Å². The van der Waals surface area contributed by atoms with Gasteiger partial charge in [0.2, 0.25) is 5.82 Å². The summed E-state index contributed by atoms with van der Waals surface area (Å²) >= 11 is 0. The first-order valence-corrected chi connectivity index (χ1v) is 12.7. The highest BCUT2D eigenvalue weighted by atomic mass is 19.2. The summed E-state index contributed by atoms with van der Waals surface area (Å²) in [5.74, 6) is -3.23. The van der Waals surface area contributed by atoms with Gasteiger partial charge in [0.25, 0.3) is 0 Å². The van der Waals surface area contributed by atoms with Crippen LogP contribution in [0.4, 0.5) is 17.6 Å². The summed E-state index contributed by atoms with van der Waals surface area (Å²) in [4.78, 5) is 0. The van der Waals surface area contributed by atoms with E-state index in [1.54, 1.807) is 30.3 Å². The molecule has 5 heteroatoms. The van der Waals surface area contributed by atoms with E-state index in [1.807, 2.05) is 6.08 Å². The molecule has 34 heavy (non-hydrogen) atoms. The molecule has 0 aliphatic heterocycles. The maximum absolute atomic E-state index is 14.8. The molecule has 0 radical (unpaired) electrons. The minimum atomic E-state index is -0.901. The van der Waals surface area contributed by atoms with Crippen molar-refractivity contribution >= 4 is 6.08 Å². The Bertz CT molecular complexity index is 961. The molecule has 1 saturated carbocycles. The number of rotatable bonds is 11. The number of ether oxygens (including phenoxy) is 1. The standard InChI is InChI=1S/C29H36F4O/c1-3-4-5-6-7-8-19-34-25-18-17-24(28(32)29(25)33)22-14-10-21(11-15-22)12-16-23-13-9-20(2)26(30)27(23)31/h9,12-13,16-18,21-22H,3-8,10-11,14-15,19H2,1-2H3/b16-12+. The molecule has 2 aromatic rings. The topological polar surface area (TPSA) is 9.23 Å². The zero-order chi connectivity index (χ0) is 24.5. The first kappa shape index (κ1) is 26.3. The molecule has 3 rings (SSSR count). The van der Waals surface area contributed by atoms with Crippen LogP contribution in [0.5, 0.6) is 5.75 Å². The molecule has 2 aromatic carbocycles. The Hall–Kier alpha value is -2.30. The lowest BCUT2D eigenvalue weighted by molar-refractivity contribution is 0.282. The summed E-state index contributed by atoms with van der Waals surface area (Å²) in [6.45, 7) is 4.10. The molecule has 186 valence electrons. The van der Waals surface area contributed by atoms with Gasteiger partial charge >= 0.3 is 0 Å². The lowest BCUT2D eigenvalue weighted by atomic mass is 9.78. The average Bonchev–Trinajstić information content (AvgIpc) is 2.84. The van der Waals surface area contributed by atoms with Crippen LogP contribution in [0.1, 0.15) is 93.7 Å². The van der Waals surface area contributed by atoms with Gasteiger partial charge in [-0.1, -0.05) is 69.4 Å². The summed E-state index contributed by atoms with van der Waals surface area (Å²) in [6.07, 6.45) is 13.2. The van der Waals surface area contributed by atoms with Gasteiger partial charge in [0, 0.05) is 5.56 Å². The van der Waals surface area contributed by atoms with Crippen LogP contribution in [0.3, 0.4) is 0 Å². The third kappa shape index (κ3) is 6.86. The summed E-state index contributed by atoms with van der Waals surface area (Å²) in [6, 6.07) is 6.34. The monoisotopic (exact) mass is 476 g/mol. The van der Waals surface area contributed by atoms with Crippen LogP contribution in [0.15, 0.2) is 30.3 Å². The molecule has 0 aromatic heterocycles. The van der Waals surface area contributed by atoms with Crippen LogP contribution in [0.2, 0.25) is 0 Å². The van der Waals surface area contributed by atoms with E-state index >= 15 is 0 Å². The quantitative estimate of drug-likeness (QED) is 0.232. The van der Waals surface area contributed by atoms with Gasteiger partial charge in [-0.2, -0.15) is 4.39 Å². The summed E-state index contributed by atoms with van der Waals surface area (Å²) in [5.41, 5.74) is 0.914. The summed E-state index contributed by atoms with van der Waals surface area (Å²) in [7, 11) is 0. The number of hydrogen-bond acceptors (Lipinski definition) is 1. The van der Waals surface area contributed by atoms with Gasteiger partial charge in [0.15, 0.2) is 23.2 Å². The molecular formula is C29H36F4O. The Morgan fingerprint density at radius 2 is 1.50 bits per heavy atom. The van der Waals surface area contributed by atoms with Crippen molar-refractivity contribution in [3.8, 4) is 5.75 Å². The number of unbranched alkanes of at least 4 members (excludes halogenated alkanes) is 5. The van der Waals surface area contributed by atoms with Crippen LogP contribution >= 0.6 is 0 Å². The smallest absolute Gasteiger partial charge is 0.200 e. The van der Waals surface area contributed by atoms with Crippen molar-refractivity contribution in [2.24, 2.45) is 5.92 Å². The highest BCUT2D eigenvalue weighted by Crippen LogP contribution is 2.39. The lowest BCUT2D eigenvalue weighted by Gasteiger charge is -2.27. The van der Waals surface area contributed by atoms with E-state index in [9.17, 15) is 17.6 Å². The number of allylic oxidation sites excluding steroid dienone is 1. The molecule has 1 aliphatic rings. The molecular weight excluding hydrogens is 440 g/mol. The highest BCUT2D eigenvalue weighted by molar-refractivity contribution is 5.51. The van der Waals surface area contributed by atoms with Crippen LogP contribution in [0, 0.1) is 36.1 Å². The molecule has 0 N–H and O–H groups in total. The average molecular weight is 477 g/mol. The molecule has 0 bridgehead atoms. The van der Waals surface area contributed by atoms with E-state index in [0.29, 0.717) is 25.0 Å². The van der Waals surface area contributed by atoms with Gasteiger partial charge in [-0.3, -0.25) is 0 Å². The first-order chi connectivity index (χ1) is 16.4. The minimum absolute atomic E-state index is 0.0150. The molecule has 0 unspecified atom stereocenters. The molecule has 0 saturated heterocycles. The van der Waals surface area contributed by atoms with Gasteiger partial charge < -0.3 is 4.74 Å². The van der Waals surface area contributed by atoms with E-state index in [1.165, 1.54) is 26.2 Å². The van der Waals surface area contributed by atoms with E-state index in [-0.39, 0.29) is 28.7 Å². The molecule has 1 nitrogen and oxygen atoms in total. The Morgan fingerprint density at radius 3 is 2.24 bits per heavy atom. The third-order valence-corrected chi connectivity index (χ3v) is 6.90. The fraction of sp³-hybridized carbons (Fsp3) is 0.517. The first-order valence-electron chi connectivity index (χ1n) is 12.7. The fourth-order valence-corrected chi connectivity index (χ4v) is 4.69. The van der Waals surface area contributed by atoms with Gasteiger partial charge in [0.1, 0.15) is 0 Å². The van der Waals surface area contributed by atoms with Crippen LogP contribution in [-0.2, 0) is 0 Å². The molecule has 0 amide bonds. The zero-order valence-electron chi connectivity index (χ0n) is 20.3. The highest BCUT2D eigenvalue weighted by Gasteiger charge is 2.26. The Kier molecular flexibility index (Phi) is 10.0. The van der Waals surface area contributed by atoms with Crippen molar-refractivity contribution in [3.63, 3.8) is 0 Å². The number of benzene rings is 2. The van der Waals surface area contributed by atoms with Crippen LogP contribution in [0.25, 0.3) is 6.08 Å². The lowest BCUT2D eigenvalue weighted by Crippen LogP contribution is -2.14. The Morgan fingerprint density at radius 1 is 0.794 bits per heavy atom. The molecule has 0 heterocycles. The summed E-state index contributed by atoms with van der Waals surface area (Å²) < 4.78 is 62.7. The maximum atomic E-state index is 14.8. The number of halogens is 4. The van der Waals surface area contributed by atoms with Crippen LogP contribution < -0.4 is 4.74 Å². The van der Waals surface area contributed by atoms with Crippen molar-refractivity contribution in [2.75, 3.05) is 6.61 Å². The van der Waals surface area contributed by atoms with Crippen molar-refractivity contribution in [1.82, 2.24) is 0 Å². The molecule has 1 aliphatic carbocycles. The second kappa shape index (κ2) is 13.0. The van der Waals surface area contributed by atoms with Gasteiger partial charge in [0.05, 0.1) is 6.61 Å². The van der Waals surface area contributed by atoms with E-state index in [2.05, 4.69) is 6.92 Å². The predicted octanol–water partition coefficient (Wildman–Crippen LogP) is 9.28. The summed E-state index contributed by atoms with van der Waals surface area (Å²) in [5, 5.41) is 0. The van der Waals surface area contributed by atoms with Gasteiger partial charge in [-0.25, -0.2) is 13.2 Å².